The second kappa shape index (κ2) is 9.43. The van der Waals surface area contributed by atoms with E-state index in [2.05, 4.69) is 19.1 Å². The van der Waals surface area contributed by atoms with Crippen molar-refractivity contribution >= 4 is 0 Å². The Kier molecular flexibility index (Phi) is 6.63. The number of fused-ring (bicyclic) bond motifs is 1. The molecule has 32 heavy (non-hydrogen) atoms. The molecule has 0 saturated heterocycles. The Labute approximate surface area is 185 Å². The summed E-state index contributed by atoms with van der Waals surface area (Å²) in [6.07, 6.45) is 5.54. The number of hydrogen-bond acceptors (Lipinski definition) is 0. The van der Waals surface area contributed by atoms with E-state index in [0.29, 0.717) is 12.5 Å². The Morgan fingerprint density at radius 1 is 0.781 bits per heavy atom. The molecule has 0 aliphatic heterocycles. The van der Waals surface area contributed by atoms with E-state index < -0.39 is 34.6 Å². The smallest absolute Gasteiger partial charge is 0.169 e. The maximum atomic E-state index is 15.2. The molecule has 168 valence electrons. The van der Waals surface area contributed by atoms with Crippen molar-refractivity contribution in [2.45, 2.75) is 57.8 Å². The summed E-state index contributed by atoms with van der Waals surface area (Å²) in [5.41, 5.74) is 1.57. The van der Waals surface area contributed by atoms with Crippen LogP contribution in [0.1, 0.15) is 60.8 Å². The lowest BCUT2D eigenvalue weighted by Crippen LogP contribution is -2.18. The summed E-state index contributed by atoms with van der Waals surface area (Å²) in [5, 5.41) is 0. The van der Waals surface area contributed by atoms with Gasteiger partial charge in [0.05, 0.1) is 5.56 Å². The molecule has 1 aliphatic carbocycles. The molecule has 3 aromatic rings. The molecule has 0 bridgehead atoms. The number of halogens is 5. The molecule has 1 unspecified atom stereocenters. The van der Waals surface area contributed by atoms with Gasteiger partial charge in [-0.25, -0.2) is 22.0 Å². The second-order valence-electron chi connectivity index (χ2n) is 8.54. The van der Waals surface area contributed by atoms with Crippen LogP contribution in [0.25, 0.3) is 11.1 Å². The number of aryl methyl sites for hydroxylation is 1. The van der Waals surface area contributed by atoms with Crippen molar-refractivity contribution in [2.75, 3.05) is 0 Å². The van der Waals surface area contributed by atoms with Crippen LogP contribution in [0.15, 0.2) is 42.5 Å². The normalized spacial score (nSPS) is 15.6. The molecule has 0 nitrogen and oxygen atoms in total. The van der Waals surface area contributed by atoms with Gasteiger partial charge in [0.1, 0.15) is 5.82 Å². The quantitative estimate of drug-likeness (QED) is 0.205. The van der Waals surface area contributed by atoms with Crippen LogP contribution in [0.2, 0.25) is 0 Å². The Morgan fingerprint density at radius 2 is 1.53 bits per heavy atom. The molecule has 0 N–H and O–H groups in total. The fourth-order valence-corrected chi connectivity index (χ4v) is 4.62. The van der Waals surface area contributed by atoms with Gasteiger partial charge < -0.3 is 0 Å². The Hall–Kier alpha value is -2.69. The molecule has 1 atom stereocenters. The standard InChI is InChI=1S/C27H25F5/c1-2-3-4-5-16-6-8-17(9-7-16)18-10-12-20-21(14-18)26(31)27(32)24(25(20)30)19-11-13-22(28)23(29)15-19/h6-9,11,13,15,18H,2-5,10,12,14H2,1H3. The van der Waals surface area contributed by atoms with Crippen LogP contribution in [0.5, 0.6) is 0 Å². The lowest BCUT2D eigenvalue weighted by atomic mass is 9.78. The molecule has 0 fully saturated rings. The second-order valence-corrected chi connectivity index (χ2v) is 8.54. The van der Waals surface area contributed by atoms with Crippen LogP contribution in [0, 0.1) is 29.1 Å². The number of hydrogen-bond donors (Lipinski definition) is 0. The zero-order chi connectivity index (χ0) is 22.8. The van der Waals surface area contributed by atoms with E-state index in [-0.39, 0.29) is 35.4 Å². The van der Waals surface area contributed by atoms with Crippen LogP contribution < -0.4 is 0 Å². The minimum Gasteiger partial charge on any atom is -0.206 e. The van der Waals surface area contributed by atoms with Gasteiger partial charge in [0.25, 0.3) is 0 Å². The van der Waals surface area contributed by atoms with Crippen molar-refractivity contribution in [3.63, 3.8) is 0 Å². The minimum absolute atomic E-state index is 0.0328. The van der Waals surface area contributed by atoms with Gasteiger partial charge >= 0.3 is 0 Å². The Bertz CT molecular complexity index is 1120. The molecule has 0 amide bonds. The minimum atomic E-state index is -1.36. The summed E-state index contributed by atoms with van der Waals surface area (Å²) in [6.45, 7) is 2.16. The molecule has 0 radical (unpaired) electrons. The highest BCUT2D eigenvalue weighted by molar-refractivity contribution is 5.67. The van der Waals surface area contributed by atoms with E-state index >= 15 is 8.78 Å². The molecule has 4 rings (SSSR count). The first-order valence-electron chi connectivity index (χ1n) is 11.1. The van der Waals surface area contributed by atoms with Gasteiger partial charge in [-0.1, -0.05) is 50.1 Å². The lowest BCUT2D eigenvalue weighted by molar-refractivity contribution is 0.458. The number of rotatable bonds is 6. The summed E-state index contributed by atoms with van der Waals surface area (Å²) in [7, 11) is 0. The third-order valence-corrected chi connectivity index (χ3v) is 6.45. The van der Waals surface area contributed by atoms with E-state index in [1.54, 1.807) is 0 Å². The van der Waals surface area contributed by atoms with E-state index in [4.69, 9.17) is 0 Å². The third kappa shape index (κ3) is 4.30. The SMILES string of the molecule is CCCCCc1ccc(C2CCc3c(F)c(-c4ccc(F)c(F)c4)c(F)c(F)c3C2)cc1. The van der Waals surface area contributed by atoms with Crippen LogP contribution in [-0.4, -0.2) is 0 Å². The number of unbranched alkanes of at least 4 members (excludes halogenated alkanes) is 2. The monoisotopic (exact) mass is 444 g/mol. The Morgan fingerprint density at radius 3 is 2.22 bits per heavy atom. The first kappa shape index (κ1) is 22.5. The van der Waals surface area contributed by atoms with Gasteiger partial charge in [0, 0.05) is 0 Å². The highest BCUT2D eigenvalue weighted by Crippen LogP contribution is 2.40. The summed E-state index contributed by atoms with van der Waals surface area (Å²) >= 11 is 0. The van der Waals surface area contributed by atoms with Gasteiger partial charge in [-0.15, -0.1) is 0 Å². The highest BCUT2D eigenvalue weighted by Gasteiger charge is 2.31. The predicted molar refractivity (Wildman–Crippen MR) is 116 cm³/mol. The van der Waals surface area contributed by atoms with E-state index in [9.17, 15) is 13.2 Å². The zero-order valence-electron chi connectivity index (χ0n) is 18.0. The summed E-state index contributed by atoms with van der Waals surface area (Å²) in [5.74, 6) is -5.77. The fourth-order valence-electron chi connectivity index (χ4n) is 4.62. The molecule has 0 heterocycles. The highest BCUT2D eigenvalue weighted by atomic mass is 19.2. The summed E-state index contributed by atoms with van der Waals surface area (Å²) < 4.78 is 71.9. The molecule has 1 aliphatic rings. The third-order valence-electron chi connectivity index (χ3n) is 6.45. The molecule has 0 saturated carbocycles. The van der Waals surface area contributed by atoms with Crippen molar-refractivity contribution in [3.8, 4) is 11.1 Å². The molecule has 0 spiro atoms. The maximum Gasteiger partial charge on any atom is 0.169 e. The van der Waals surface area contributed by atoms with Gasteiger partial charge in [0.15, 0.2) is 23.3 Å². The van der Waals surface area contributed by atoms with Crippen LogP contribution >= 0.6 is 0 Å². The first-order chi connectivity index (χ1) is 15.4. The first-order valence-corrected chi connectivity index (χ1v) is 11.1. The van der Waals surface area contributed by atoms with E-state index in [1.807, 2.05) is 12.1 Å². The molecule has 0 aromatic heterocycles. The summed E-state index contributed by atoms with van der Waals surface area (Å²) in [4.78, 5) is 0. The van der Waals surface area contributed by atoms with E-state index in [0.717, 1.165) is 37.0 Å². The van der Waals surface area contributed by atoms with Gasteiger partial charge in [-0.2, -0.15) is 0 Å². The molecular formula is C27H25F5. The van der Waals surface area contributed by atoms with Crippen LogP contribution in [-0.2, 0) is 19.3 Å². The predicted octanol–water partition coefficient (Wildman–Crippen LogP) is 8.05. The Balaban J connectivity index is 1.62. The molecule has 3 aromatic carbocycles. The van der Waals surface area contributed by atoms with E-state index in [1.165, 1.54) is 12.0 Å². The van der Waals surface area contributed by atoms with Crippen LogP contribution in [0.3, 0.4) is 0 Å². The van der Waals surface area contributed by atoms with Crippen molar-refractivity contribution in [2.24, 2.45) is 0 Å². The lowest BCUT2D eigenvalue weighted by Gasteiger charge is -2.27. The average molecular weight is 444 g/mol. The largest absolute Gasteiger partial charge is 0.206 e. The van der Waals surface area contributed by atoms with Crippen molar-refractivity contribution < 1.29 is 22.0 Å². The van der Waals surface area contributed by atoms with Gasteiger partial charge in [-0.05, 0) is 78.0 Å². The topological polar surface area (TPSA) is 0 Å². The van der Waals surface area contributed by atoms with Crippen molar-refractivity contribution in [1.82, 2.24) is 0 Å². The fraction of sp³-hybridized carbons (Fsp3) is 0.333. The zero-order valence-corrected chi connectivity index (χ0v) is 18.0. The average Bonchev–Trinajstić information content (AvgIpc) is 2.80. The maximum absolute atomic E-state index is 15.2. The summed E-state index contributed by atoms with van der Waals surface area (Å²) in [6, 6.07) is 10.7. The molecule has 5 heteroatoms. The number of benzene rings is 3. The molecular weight excluding hydrogens is 419 g/mol. The van der Waals surface area contributed by atoms with Gasteiger partial charge in [0.2, 0.25) is 0 Å². The van der Waals surface area contributed by atoms with Crippen LogP contribution in [0.4, 0.5) is 22.0 Å². The van der Waals surface area contributed by atoms with Crippen molar-refractivity contribution in [1.29, 1.82) is 0 Å². The van der Waals surface area contributed by atoms with Crippen molar-refractivity contribution in [3.05, 3.63) is 93.8 Å². The van der Waals surface area contributed by atoms with Gasteiger partial charge in [-0.3, -0.25) is 0 Å².